The minimum Gasteiger partial charge on any atom is -0.0622 e. The van der Waals surface area contributed by atoms with Crippen LogP contribution in [0.4, 0.5) is 0 Å². The van der Waals surface area contributed by atoms with Crippen molar-refractivity contribution >= 4 is 0 Å². The molecule has 2 rings (SSSR count). The summed E-state index contributed by atoms with van der Waals surface area (Å²) >= 11 is 0. The molecule has 12 heavy (non-hydrogen) atoms. The Labute approximate surface area is 76.7 Å². The van der Waals surface area contributed by atoms with Gasteiger partial charge in [0.05, 0.1) is 0 Å². The van der Waals surface area contributed by atoms with Crippen LogP contribution in [0.2, 0.25) is 0 Å². The first-order chi connectivity index (χ1) is 5.86. The fourth-order valence-electron chi connectivity index (χ4n) is 3.25. The van der Waals surface area contributed by atoms with Crippen LogP contribution in [0.3, 0.4) is 0 Å². The maximum Gasteiger partial charge on any atom is -0.0386 e. The van der Waals surface area contributed by atoms with Crippen LogP contribution >= 0.6 is 0 Å². The van der Waals surface area contributed by atoms with E-state index in [9.17, 15) is 0 Å². The predicted octanol–water partition coefficient (Wildman–Crippen LogP) is 4.00. The fraction of sp³-hybridized carbons (Fsp3) is 1.00. The number of hydrogen-bond acceptors (Lipinski definition) is 0. The average Bonchev–Trinajstić information content (AvgIpc) is 2.65. The zero-order valence-corrected chi connectivity index (χ0v) is 8.39. The maximum atomic E-state index is 2.46. The first kappa shape index (κ1) is 8.59. The molecule has 0 bridgehead atoms. The molecule has 2 atom stereocenters. The van der Waals surface area contributed by atoms with Crippen LogP contribution in [0.15, 0.2) is 0 Å². The molecule has 0 aromatic heterocycles. The lowest BCUT2D eigenvalue weighted by Gasteiger charge is -2.19. The highest BCUT2D eigenvalue weighted by Crippen LogP contribution is 2.39. The molecule has 0 spiro atoms. The smallest absolute Gasteiger partial charge is 0.0386 e. The van der Waals surface area contributed by atoms with Crippen molar-refractivity contribution in [2.75, 3.05) is 0 Å². The van der Waals surface area contributed by atoms with Gasteiger partial charge in [-0.15, -0.1) is 0 Å². The molecule has 0 aromatic carbocycles. The highest BCUT2D eigenvalue weighted by atomic mass is 14.3. The van der Waals surface area contributed by atoms with Crippen molar-refractivity contribution in [2.24, 2.45) is 17.8 Å². The lowest BCUT2D eigenvalue weighted by atomic mass is 9.87. The molecule has 0 aliphatic heterocycles. The first-order valence-corrected chi connectivity index (χ1v) is 5.86. The van der Waals surface area contributed by atoms with Gasteiger partial charge in [0.15, 0.2) is 0 Å². The van der Waals surface area contributed by atoms with Crippen molar-refractivity contribution < 1.29 is 0 Å². The van der Waals surface area contributed by atoms with Gasteiger partial charge < -0.3 is 0 Å². The van der Waals surface area contributed by atoms with E-state index < -0.39 is 0 Å². The standard InChI is InChI=1S/C12H22/c1-10-5-4-8-12(10)9-11-6-2-3-7-11/h10-12H,2-9H2,1H3/t10-,12-/m0/s1. The summed E-state index contributed by atoms with van der Waals surface area (Å²) in [6.45, 7) is 2.46. The van der Waals surface area contributed by atoms with Crippen LogP contribution < -0.4 is 0 Å². The van der Waals surface area contributed by atoms with Crippen LogP contribution in [0.25, 0.3) is 0 Å². The second-order valence-corrected chi connectivity index (χ2v) is 5.05. The third-order valence-electron chi connectivity index (χ3n) is 4.15. The number of rotatable bonds is 2. The Morgan fingerprint density at radius 1 is 0.917 bits per heavy atom. The third kappa shape index (κ3) is 1.84. The van der Waals surface area contributed by atoms with Crippen molar-refractivity contribution in [3.05, 3.63) is 0 Å². The molecule has 0 nitrogen and oxygen atoms in total. The van der Waals surface area contributed by atoms with Gasteiger partial charge in [-0.2, -0.15) is 0 Å². The molecular weight excluding hydrogens is 144 g/mol. The molecule has 2 fully saturated rings. The molecule has 0 saturated heterocycles. The summed E-state index contributed by atoms with van der Waals surface area (Å²) in [5.74, 6) is 3.27. The topological polar surface area (TPSA) is 0 Å². The third-order valence-corrected chi connectivity index (χ3v) is 4.15. The van der Waals surface area contributed by atoms with Gasteiger partial charge in [-0.1, -0.05) is 51.9 Å². The van der Waals surface area contributed by atoms with Gasteiger partial charge in [-0.05, 0) is 24.2 Å². The van der Waals surface area contributed by atoms with Gasteiger partial charge in [0.1, 0.15) is 0 Å². The minimum absolute atomic E-state index is 1.05. The van der Waals surface area contributed by atoms with Gasteiger partial charge in [0.2, 0.25) is 0 Å². The van der Waals surface area contributed by atoms with E-state index in [2.05, 4.69) is 6.92 Å². The van der Waals surface area contributed by atoms with Crippen LogP contribution in [0, 0.1) is 17.8 Å². The summed E-state index contributed by atoms with van der Waals surface area (Å²) in [6.07, 6.45) is 12.3. The van der Waals surface area contributed by atoms with E-state index in [4.69, 9.17) is 0 Å². The fourth-order valence-corrected chi connectivity index (χ4v) is 3.25. The monoisotopic (exact) mass is 166 g/mol. The Balaban J connectivity index is 1.77. The molecule has 2 aliphatic carbocycles. The average molecular weight is 166 g/mol. The summed E-state index contributed by atoms with van der Waals surface area (Å²) < 4.78 is 0. The summed E-state index contributed by atoms with van der Waals surface area (Å²) in [4.78, 5) is 0. The molecule has 0 heteroatoms. The van der Waals surface area contributed by atoms with E-state index in [1.807, 2.05) is 0 Å². The van der Waals surface area contributed by atoms with Gasteiger partial charge >= 0.3 is 0 Å². The molecule has 0 amide bonds. The van der Waals surface area contributed by atoms with Crippen LogP contribution in [0.1, 0.15) is 58.3 Å². The van der Waals surface area contributed by atoms with Crippen molar-refractivity contribution in [3.63, 3.8) is 0 Å². The summed E-state index contributed by atoms with van der Waals surface area (Å²) in [7, 11) is 0. The molecular formula is C12H22. The first-order valence-electron chi connectivity index (χ1n) is 5.86. The number of hydrogen-bond donors (Lipinski definition) is 0. The predicted molar refractivity (Wildman–Crippen MR) is 53.1 cm³/mol. The van der Waals surface area contributed by atoms with E-state index >= 15 is 0 Å². The van der Waals surface area contributed by atoms with E-state index in [1.165, 1.54) is 32.1 Å². The van der Waals surface area contributed by atoms with Crippen molar-refractivity contribution in [3.8, 4) is 0 Å². The van der Waals surface area contributed by atoms with E-state index in [0.717, 1.165) is 17.8 Å². The summed E-state index contributed by atoms with van der Waals surface area (Å²) in [5.41, 5.74) is 0. The second-order valence-electron chi connectivity index (χ2n) is 5.05. The second kappa shape index (κ2) is 3.81. The SMILES string of the molecule is C[C@H]1CCC[C@H]1CC1CCCC1. The Bertz CT molecular complexity index is 133. The lowest BCUT2D eigenvalue weighted by molar-refractivity contribution is 0.320. The van der Waals surface area contributed by atoms with Gasteiger partial charge in [0, 0.05) is 0 Å². The van der Waals surface area contributed by atoms with Gasteiger partial charge in [-0.25, -0.2) is 0 Å². The molecule has 2 aliphatic rings. The van der Waals surface area contributed by atoms with Crippen LogP contribution in [-0.2, 0) is 0 Å². The molecule has 70 valence electrons. The van der Waals surface area contributed by atoms with Crippen LogP contribution in [-0.4, -0.2) is 0 Å². The van der Waals surface area contributed by atoms with Gasteiger partial charge in [-0.3, -0.25) is 0 Å². The van der Waals surface area contributed by atoms with E-state index in [-0.39, 0.29) is 0 Å². The molecule has 0 N–H and O–H groups in total. The minimum atomic E-state index is 1.05. The Morgan fingerprint density at radius 3 is 2.25 bits per heavy atom. The summed E-state index contributed by atoms with van der Waals surface area (Å²) in [5, 5.41) is 0. The zero-order chi connectivity index (χ0) is 8.39. The lowest BCUT2D eigenvalue weighted by Crippen LogP contribution is -2.08. The summed E-state index contributed by atoms with van der Waals surface area (Å²) in [6, 6.07) is 0. The largest absolute Gasteiger partial charge is 0.0622 e. The molecule has 0 heterocycles. The highest BCUT2D eigenvalue weighted by Gasteiger charge is 2.27. The Hall–Kier alpha value is 0. The normalized spacial score (nSPS) is 37.8. The molecule has 0 aromatic rings. The molecule has 0 unspecified atom stereocenters. The zero-order valence-electron chi connectivity index (χ0n) is 8.39. The van der Waals surface area contributed by atoms with Gasteiger partial charge in [0.25, 0.3) is 0 Å². The van der Waals surface area contributed by atoms with Crippen molar-refractivity contribution in [2.45, 2.75) is 58.3 Å². The maximum absolute atomic E-state index is 2.46. The van der Waals surface area contributed by atoms with Crippen LogP contribution in [0.5, 0.6) is 0 Å². The van der Waals surface area contributed by atoms with Crippen molar-refractivity contribution in [1.82, 2.24) is 0 Å². The van der Waals surface area contributed by atoms with E-state index in [0.29, 0.717) is 0 Å². The van der Waals surface area contributed by atoms with Crippen molar-refractivity contribution in [1.29, 1.82) is 0 Å². The molecule has 2 saturated carbocycles. The Kier molecular flexibility index (Phi) is 2.73. The molecule has 0 radical (unpaired) electrons. The highest BCUT2D eigenvalue weighted by molar-refractivity contribution is 4.78. The quantitative estimate of drug-likeness (QED) is 0.581. The van der Waals surface area contributed by atoms with E-state index in [1.54, 1.807) is 19.3 Å². The Morgan fingerprint density at radius 2 is 1.67 bits per heavy atom.